The van der Waals surface area contributed by atoms with Crippen molar-refractivity contribution in [3.05, 3.63) is 29.3 Å². The molecule has 1 aromatic carbocycles. The van der Waals surface area contributed by atoms with Gasteiger partial charge in [0, 0.05) is 6.54 Å². The van der Waals surface area contributed by atoms with Gasteiger partial charge in [0.15, 0.2) is 0 Å². The van der Waals surface area contributed by atoms with Gasteiger partial charge in [-0.2, -0.15) is 0 Å². The summed E-state index contributed by atoms with van der Waals surface area (Å²) >= 11 is 0. The van der Waals surface area contributed by atoms with Crippen molar-refractivity contribution < 1.29 is 4.74 Å². The van der Waals surface area contributed by atoms with E-state index in [-0.39, 0.29) is 0 Å². The van der Waals surface area contributed by atoms with Crippen LogP contribution in [0.3, 0.4) is 0 Å². The van der Waals surface area contributed by atoms with E-state index in [0.29, 0.717) is 11.3 Å². The third kappa shape index (κ3) is 6.42. The molecular weight excluding hydrogens is 246 g/mol. The van der Waals surface area contributed by atoms with Gasteiger partial charge in [-0.25, -0.2) is 0 Å². The number of nitrogens with one attached hydrogen (secondary N) is 1. The van der Waals surface area contributed by atoms with Crippen molar-refractivity contribution in [2.75, 3.05) is 19.7 Å². The largest absolute Gasteiger partial charge is 0.492 e. The molecule has 0 saturated heterocycles. The molecule has 0 unspecified atom stereocenters. The minimum Gasteiger partial charge on any atom is -0.492 e. The Bertz CT molecular complexity index is 404. The van der Waals surface area contributed by atoms with Gasteiger partial charge >= 0.3 is 0 Å². The Kier molecular flexibility index (Phi) is 6.54. The average Bonchev–Trinajstić information content (AvgIpc) is 2.32. The summed E-state index contributed by atoms with van der Waals surface area (Å²) < 4.78 is 5.95. The maximum atomic E-state index is 5.95. The van der Waals surface area contributed by atoms with E-state index in [1.165, 1.54) is 17.5 Å². The lowest BCUT2D eigenvalue weighted by molar-refractivity contribution is 0.300. The maximum Gasteiger partial charge on any atom is 0.123 e. The Morgan fingerprint density at radius 3 is 2.45 bits per heavy atom. The second kappa shape index (κ2) is 7.68. The highest BCUT2D eigenvalue weighted by Gasteiger charge is 2.09. The molecule has 0 saturated carbocycles. The van der Waals surface area contributed by atoms with Crippen LogP contribution >= 0.6 is 0 Å². The molecule has 1 rings (SSSR count). The maximum absolute atomic E-state index is 5.95. The topological polar surface area (TPSA) is 21.3 Å². The van der Waals surface area contributed by atoms with Crippen molar-refractivity contribution in [3.63, 3.8) is 0 Å². The van der Waals surface area contributed by atoms with Crippen LogP contribution in [0.1, 0.15) is 58.1 Å². The zero-order chi connectivity index (χ0) is 15.2. The molecule has 0 bridgehead atoms. The molecular formula is C18H31NO. The summed E-state index contributed by atoms with van der Waals surface area (Å²) in [7, 11) is 0. The van der Waals surface area contributed by atoms with Crippen LogP contribution in [0.2, 0.25) is 0 Å². The van der Waals surface area contributed by atoms with E-state index in [0.717, 1.165) is 25.4 Å². The third-order valence-electron chi connectivity index (χ3n) is 3.38. The first-order chi connectivity index (χ1) is 9.29. The molecule has 0 radical (unpaired) electrons. The monoisotopic (exact) mass is 277 g/mol. The minimum atomic E-state index is 0.398. The zero-order valence-electron chi connectivity index (χ0n) is 14.0. The Hall–Kier alpha value is -1.02. The van der Waals surface area contributed by atoms with Gasteiger partial charge in [-0.1, -0.05) is 46.8 Å². The average molecular weight is 277 g/mol. The Balaban J connectivity index is 2.37. The van der Waals surface area contributed by atoms with Crippen LogP contribution in [0.5, 0.6) is 5.75 Å². The van der Waals surface area contributed by atoms with Crippen molar-refractivity contribution in [2.45, 2.75) is 53.9 Å². The van der Waals surface area contributed by atoms with Gasteiger partial charge in [0.2, 0.25) is 0 Å². The molecule has 0 aliphatic rings. The summed E-state index contributed by atoms with van der Waals surface area (Å²) in [6.07, 6.45) is 1.19. The van der Waals surface area contributed by atoms with Crippen LogP contribution in [0, 0.1) is 12.3 Å². The molecule has 2 heteroatoms. The van der Waals surface area contributed by atoms with Crippen molar-refractivity contribution in [1.82, 2.24) is 5.32 Å². The molecule has 1 aromatic rings. The lowest BCUT2D eigenvalue weighted by Crippen LogP contribution is -2.25. The third-order valence-corrected chi connectivity index (χ3v) is 3.38. The van der Waals surface area contributed by atoms with Crippen molar-refractivity contribution in [1.29, 1.82) is 0 Å². The Labute approximate surface area is 124 Å². The lowest BCUT2D eigenvalue weighted by atomic mass is 9.92. The quantitative estimate of drug-likeness (QED) is 0.740. The van der Waals surface area contributed by atoms with Crippen LogP contribution in [-0.2, 0) is 0 Å². The minimum absolute atomic E-state index is 0.398. The number of ether oxygens (including phenoxy) is 1. The fraction of sp³-hybridized carbons (Fsp3) is 0.667. The predicted molar refractivity (Wildman–Crippen MR) is 87.7 cm³/mol. The van der Waals surface area contributed by atoms with Gasteiger partial charge in [-0.3, -0.25) is 0 Å². The Morgan fingerprint density at radius 1 is 1.15 bits per heavy atom. The summed E-state index contributed by atoms with van der Waals surface area (Å²) in [6.45, 7) is 16.0. The molecule has 0 heterocycles. The SMILES string of the molecule is Cc1ccc(C(C)C)c(OCCNCCC(C)(C)C)c1. The van der Waals surface area contributed by atoms with Crippen molar-refractivity contribution in [2.24, 2.45) is 5.41 Å². The van der Waals surface area contributed by atoms with Crippen LogP contribution in [0.4, 0.5) is 0 Å². The highest BCUT2D eigenvalue weighted by Crippen LogP contribution is 2.27. The van der Waals surface area contributed by atoms with E-state index < -0.39 is 0 Å². The number of rotatable bonds is 7. The number of hydrogen-bond donors (Lipinski definition) is 1. The normalized spacial score (nSPS) is 11.9. The summed E-state index contributed by atoms with van der Waals surface area (Å²) in [5.41, 5.74) is 2.95. The molecule has 20 heavy (non-hydrogen) atoms. The van der Waals surface area contributed by atoms with E-state index in [9.17, 15) is 0 Å². The first-order valence-corrected chi connectivity index (χ1v) is 7.73. The van der Waals surface area contributed by atoms with Gasteiger partial charge in [0.1, 0.15) is 12.4 Å². The van der Waals surface area contributed by atoms with Crippen molar-refractivity contribution >= 4 is 0 Å². The summed E-state index contributed by atoms with van der Waals surface area (Å²) in [5, 5.41) is 3.45. The fourth-order valence-electron chi connectivity index (χ4n) is 2.07. The standard InChI is InChI=1S/C18H31NO/c1-14(2)16-8-7-15(3)13-17(16)20-12-11-19-10-9-18(4,5)6/h7-8,13-14,19H,9-12H2,1-6H3. The second-order valence-electron chi connectivity index (χ2n) is 7.11. The molecule has 1 N–H and O–H groups in total. The highest BCUT2D eigenvalue weighted by molar-refractivity contribution is 5.39. The summed E-state index contributed by atoms with van der Waals surface area (Å²) in [4.78, 5) is 0. The van der Waals surface area contributed by atoms with Crippen molar-refractivity contribution in [3.8, 4) is 5.75 Å². The predicted octanol–water partition coefficient (Wildman–Crippen LogP) is 4.52. The first kappa shape index (κ1) is 17.0. The van der Waals surface area contributed by atoms with Gasteiger partial charge in [-0.15, -0.1) is 0 Å². The lowest BCUT2D eigenvalue weighted by Gasteiger charge is -2.18. The molecule has 0 fully saturated rings. The van der Waals surface area contributed by atoms with E-state index in [1.807, 2.05) is 0 Å². The van der Waals surface area contributed by atoms with Gasteiger partial charge in [0.25, 0.3) is 0 Å². The molecule has 2 nitrogen and oxygen atoms in total. The zero-order valence-corrected chi connectivity index (χ0v) is 14.0. The van der Waals surface area contributed by atoms with Gasteiger partial charge < -0.3 is 10.1 Å². The molecule has 0 aliphatic heterocycles. The molecule has 0 aromatic heterocycles. The number of benzene rings is 1. The van der Waals surface area contributed by atoms with Crippen LogP contribution in [0.25, 0.3) is 0 Å². The molecule has 0 atom stereocenters. The van der Waals surface area contributed by atoms with E-state index in [4.69, 9.17) is 4.74 Å². The smallest absolute Gasteiger partial charge is 0.123 e. The van der Waals surface area contributed by atoms with Gasteiger partial charge in [-0.05, 0) is 48.4 Å². The fourth-order valence-corrected chi connectivity index (χ4v) is 2.07. The molecule has 114 valence electrons. The second-order valence-corrected chi connectivity index (χ2v) is 7.11. The summed E-state index contributed by atoms with van der Waals surface area (Å²) in [5.74, 6) is 1.54. The van der Waals surface area contributed by atoms with Gasteiger partial charge in [0.05, 0.1) is 0 Å². The Morgan fingerprint density at radius 2 is 1.85 bits per heavy atom. The molecule has 0 aliphatic carbocycles. The van der Waals surface area contributed by atoms with E-state index in [2.05, 4.69) is 65.1 Å². The highest BCUT2D eigenvalue weighted by atomic mass is 16.5. The van der Waals surface area contributed by atoms with Crippen LogP contribution in [0.15, 0.2) is 18.2 Å². The number of aryl methyl sites for hydroxylation is 1. The van der Waals surface area contributed by atoms with Crippen LogP contribution < -0.4 is 10.1 Å². The van der Waals surface area contributed by atoms with E-state index >= 15 is 0 Å². The molecule has 0 spiro atoms. The number of hydrogen-bond acceptors (Lipinski definition) is 2. The van der Waals surface area contributed by atoms with E-state index in [1.54, 1.807) is 0 Å². The summed E-state index contributed by atoms with van der Waals surface area (Å²) in [6, 6.07) is 6.48. The first-order valence-electron chi connectivity index (χ1n) is 7.73. The molecule has 0 amide bonds. The van der Waals surface area contributed by atoms with Crippen LogP contribution in [-0.4, -0.2) is 19.7 Å².